The maximum absolute atomic E-state index is 13.0. The molecule has 1 unspecified atom stereocenters. The van der Waals surface area contributed by atoms with Gasteiger partial charge >= 0.3 is 0 Å². The summed E-state index contributed by atoms with van der Waals surface area (Å²) >= 11 is 0. The molecular weight excluding hydrogens is 203 g/mol. The fourth-order valence-electron chi connectivity index (χ4n) is 1.67. The number of benzene rings is 2. The second-order valence-electron chi connectivity index (χ2n) is 3.76. The molecule has 2 heteroatoms. The summed E-state index contributed by atoms with van der Waals surface area (Å²) < 4.78 is 13.0. The van der Waals surface area contributed by atoms with E-state index in [4.69, 9.17) is 0 Å². The van der Waals surface area contributed by atoms with Crippen molar-refractivity contribution < 1.29 is 9.50 Å². The van der Waals surface area contributed by atoms with E-state index in [1.54, 1.807) is 12.1 Å². The molecule has 0 heterocycles. The minimum absolute atomic E-state index is 0.315. The molecule has 0 aliphatic rings. The molecule has 2 aromatic rings. The lowest BCUT2D eigenvalue weighted by molar-refractivity contribution is 0.178. The Balaban J connectivity index is 2.12. The molecule has 0 saturated heterocycles. The number of halogens is 1. The quantitative estimate of drug-likeness (QED) is 0.835. The maximum Gasteiger partial charge on any atom is 0.123 e. The minimum atomic E-state index is -0.655. The lowest BCUT2D eigenvalue weighted by atomic mass is 10.0. The minimum Gasteiger partial charge on any atom is -0.388 e. The van der Waals surface area contributed by atoms with Crippen molar-refractivity contribution in [2.45, 2.75) is 12.5 Å². The summed E-state index contributed by atoms with van der Waals surface area (Å²) in [7, 11) is 0. The Morgan fingerprint density at radius 3 is 2.44 bits per heavy atom. The van der Waals surface area contributed by atoms with E-state index in [-0.39, 0.29) is 5.82 Å². The van der Waals surface area contributed by atoms with Crippen LogP contribution in [0.15, 0.2) is 54.6 Å². The summed E-state index contributed by atoms with van der Waals surface area (Å²) in [5.74, 6) is -0.315. The maximum atomic E-state index is 13.0. The number of hydrogen-bond acceptors (Lipinski definition) is 1. The Labute approximate surface area is 94.2 Å². The average molecular weight is 216 g/mol. The second-order valence-corrected chi connectivity index (χ2v) is 3.76. The number of aliphatic hydroxyl groups excluding tert-OH is 1. The third kappa shape index (κ3) is 2.67. The highest BCUT2D eigenvalue weighted by Crippen LogP contribution is 2.18. The first-order chi connectivity index (χ1) is 7.75. The first-order valence-corrected chi connectivity index (χ1v) is 5.23. The molecule has 0 saturated carbocycles. The normalized spacial score (nSPS) is 12.4. The summed E-state index contributed by atoms with van der Waals surface area (Å²) in [6.45, 7) is 0. The fourth-order valence-corrected chi connectivity index (χ4v) is 1.67. The third-order valence-corrected chi connectivity index (χ3v) is 2.51. The van der Waals surface area contributed by atoms with Crippen molar-refractivity contribution in [2.75, 3.05) is 0 Å². The Morgan fingerprint density at radius 2 is 1.75 bits per heavy atom. The van der Waals surface area contributed by atoms with Crippen molar-refractivity contribution in [3.05, 3.63) is 71.5 Å². The van der Waals surface area contributed by atoms with Crippen molar-refractivity contribution in [3.63, 3.8) is 0 Å². The first kappa shape index (κ1) is 10.8. The SMILES string of the molecule is OC(Cc1ccccc1)c1cccc(F)c1. The molecule has 0 bridgehead atoms. The molecule has 0 spiro atoms. The van der Waals surface area contributed by atoms with Gasteiger partial charge in [-0.3, -0.25) is 0 Å². The highest BCUT2D eigenvalue weighted by atomic mass is 19.1. The van der Waals surface area contributed by atoms with Crippen LogP contribution in [-0.2, 0) is 6.42 Å². The van der Waals surface area contributed by atoms with Crippen LogP contribution >= 0.6 is 0 Å². The van der Waals surface area contributed by atoms with Crippen molar-refractivity contribution in [3.8, 4) is 0 Å². The van der Waals surface area contributed by atoms with Gasteiger partial charge in [0.1, 0.15) is 5.82 Å². The van der Waals surface area contributed by atoms with Gasteiger partial charge in [0.2, 0.25) is 0 Å². The van der Waals surface area contributed by atoms with Gasteiger partial charge in [0.25, 0.3) is 0 Å². The zero-order chi connectivity index (χ0) is 11.4. The van der Waals surface area contributed by atoms with E-state index in [1.807, 2.05) is 30.3 Å². The molecule has 1 nitrogen and oxygen atoms in total. The molecule has 82 valence electrons. The summed E-state index contributed by atoms with van der Waals surface area (Å²) in [6.07, 6.45) is -0.150. The molecule has 0 aliphatic heterocycles. The van der Waals surface area contributed by atoms with Crippen LogP contribution in [0.4, 0.5) is 4.39 Å². The van der Waals surface area contributed by atoms with E-state index in [1.165, 1.54) is 12.1 Å². The molecule has 1 N–H and O–H groups in total. The van der Waals surface area contributed by atoms with Gasteiger partial charge in [0, 0.05) is 6.42 Å². The molecule has 0 radical (unpaired) electrons. The van der Waals surface area contributed by atoms with Gasteiger partial charge in [-0.25, -0.2) is 4.39 Å². The lowest BCUT2D eigenvalue weighted by Gasteiger charge is -2.10. The topological polar surface area (TPSA) is 20.2 Å². The van der Waals surface area contributed by atoms with Gasteiger partial charge in [-0.15, -0.1) is 0 Å². The summed E-state index contributed by atoms with van der Waals surface area (Å²) in [6, 6.07) is 15.8. The second kappa shape index (κ2) is 4.90. The standard InChI is InChI=1S/C14H13FO/c15-13-8-4-7-12(10-13)14(16)9-11-5-2-1-3-6-11/h1-8,10,14,16H,9H2. The zero-order valence-electron chi connectivity index (χ0n) is 8.81. The molecule has 0 amide bonds. The van der Waals surface area contributed by atoms with E-state index < -0.39 is 6.10 Å². The van der Waals surface area contributed by atoms with Crippen LogP contribution in [0.1, 0.15) is 17.2 Å². The van der Waals surface area contributed by atoms with Gasteiger partial charge in [-0.1, -0.05) is 42.5 Å². The average Bonchev–Trinajstić information content (AvgIpc) is 2.30. The molecule has 0 fully saturated rings. The Kier molecular flexibility index (Phi) is 3.32. The molecule has 0 aliphatic carbocycles. The fraction of sp³-hybridized carbons (Fsp3) is 0.143. The monoisotopic (exact) mass is 216 g/mol. The van der Waals surface area contributed by atoms with Crippen molar-refractivity contribution in [2.24, 2.45) is 0 Å². The molecule has 16 heavy (non-hydrogen) atoms. The molecular formula is C14H13FO. The van der Waals surface area contributed by atoms with E-state index in [2.05, 4.69) is 0 Å². The van der Waals surface area contributed by atoms with Crippen LogP contribution in [-0.4, -0.2) is 5.11 Å². The Hall–Kier alpha value is -1.67. The van der Waals surface area contributed by atoms with Gasteiger partial charge < -0.3 is 5.11 Å². The van der Waals surface area contributed by atoms with Crippen LogP contribution in [0.2, 0.25) is 0 Å². The first-order valence-electron chi connectivity index (χ1n) is 5.23. The zero-order valence-corrected chi connectivity index (χ0v) is 8.81. The molecule has 2 rings (SSSR count). The van der Waals surface area contributed by atoms with Gasteiger partial charge in [-0.05, 0) is 23.3 Å². The molecule has 0 aromatic heterocycles. The Bertz CT molecular complexity index is 453. The van der Waals surface area contributed by atoms with E-state index >= 15 is 0 Å². The summed E-state index contributed by atoms with van der Waals surface area (Å²) in [5, 5.41) is 9.93. The van der Waals surface area contributed by atoms with Crippen LogP contribution in [0.3, 0.4) is 0 Å². The predicted octanol–water partition coefficient (Wildman–Crippen LogP) is 3.10. The predicted molar refractivity (Wildman–Crippen MR) is 61.5 cm³/mol. The van der Waals surface area contributed by atoms with Gasteiger partial charge in [0.15, 0.2) is 0 Å². The van der Waals surface area contributed by atoms with Crippen LogP contribution in [0.25, 0.3) is 0 Å². The van der Waals surface area contributed by atoms with Crippen molar-refractivity contribution in [1.29, 1.82) is 0 Å². The highest BCUT2D eigenvalue weighted by molar-refractivity contribution is 5.22. The number of rotatable bonds is 3. The van der Waals surface area contributed by atoms with Crippen LogP contribution in [0.5, 0.6) is 0 Å². The summed E-state index contributed by atoms with van der Waals surface area (Å²) in [4.78, 5) is 0. The van der Waals surface area contributed by atoms with Crippen molar-refractivity contribution >= 4 is 0 Å². The largest absolute Gasteiger partial charge is 0.388 e. The third-order valence-electron chi connectivity index (χ3n) is 2.51. The van der Waals surface area contributed by atoms with Gasteiger partial charge in [0.05, 0.1) is 6.10 Å². The lowest BCUT2D eigenvalue weighted by Crippen LogP contribution is -2.01. The Morgan fingerprint density at radius 1 is 1.00 bits per heavy atom. The highest BCUT2D eigenvalue weighted by Gasteiger charge is 2.08. The summed E-state index contributed by atoms with van der Waals surface area (Å²) in [5.41, 5.74) is 1.66. The van der Waals surface area contributed by atoms with E-state index in [0.29, 0.717) is 12.0 Å². The molecule has 1 atom stereocenters. The van der Waals surface area contributed by atoms with Crippen LogP contribution in [0, 0.1) is 5.82 Å². The number of hydrogen-bond donors (Lipinski definition) is 1. The van der Waals surface area contributed by atoms with E-state index in [9.17, 15) is 9.50 Å². The smallest absolute Gasteiger partial charge is 0.123 e. The van der Waals surface area contributed by atoms with E-state index in [0.717, 1.165) is 5.56 Å². The molecule has 2 aromatic carbocycles. The van der Waals surface area contributed by atoms with Gasteiger partial charge in [-0.2, -0.15) is 0 Å². The van der Waals surface area contributed by atoms with Crippen molar-refractivity contribution in [1.82, 2.24) is 0 Å². The number of aliphatic hydroxyl groups is 1. The van der Waals surface area contributed by atoms with Crippen LogP contribution < -0.4 is 0 Å².